The number of ether oxygens (including phenoxy) is 1. The Bertz CT molecular complexity index is 143. The van der Waals surface area contributed by atoms with Gasteiger partial charge in [0.15, 0.2) is 6.17 Å². The predicted molar refractivity (Wildman–Crippen MR) is 36.1 cm³/mol. The van der Waals surface area contributed by atoms with Crippen LogP contribution in [0.25, 0.3) is 0 Å². The average molecular weight is 162 g/mol. The van der Waals surface area contributed by atoms with E-state index in [2.05, 4.69) is 0 Å². The van der Waals surface area contributed by atoms with Crippen LogP contribution < -0.4 is 0 Å². The highest BCUT2D eigenvalue weighted by molar-refractivity contribution is 5.71. The third kappa shape index (κ3) is 2.46. The normalized spacial score (nSPS) is 26.8. The molecule has 1 saturated heterocycles. The van der Waals surface area contributed by atoms with Crippen molar-refractivity contribution in [3.63, 3.8) is 0 Å². The van der Waals surface area contributed by atoms with Gasteiger partial charge in [-0.25, -0.2) is 9.18 Å². The molecule has 0 aliphatic carbocycles. The van der Waals surface area contributed by atoms with Crippen LogP contribution in [0.1, 0.15) is 12.8 Å². The standard InChI is InChI=1S/C7H11FO3/c8-6(7(9)10)3-5-1-2-11-4-5/h5-6H,1-4H2,(H,9,10)/t5-,6+/m1/s1. The maximum atomic E-state index is 12.5. The Kier molecular flexibility index (Phi) is 2.82. The molecule has 1 aliphatic heterocycles. The summed E-state index contributed by atoms with van der Waals surface area (Å²) in [4.78, 5) is 10.1. The van der Waals surface area contributed by atoms with Gasteiger partial charge < -0.3 is 9.84 Å². The first-order valence-electron chi connectivity index (χ1n) is 3.64. The molecule has 2 atom stereocenters. The molecular formula is C7H11FO3. The number of carboxylic acids is 1. The molecule has 0 radical (unpaired) electrons. The van der Waals surface area contributed by atoms with Gasteiger partial charge in [0.2, 0.25) is 0 Å². The lowest BCUT2D eigenvalue weighted by Gasteiger charge is -2.07. The second-order valence-electron chi connectivity index (χ2n) is 2.77. The topological polar surface area (TPSA) is 46.5 Å². The van der Waals surface area contributed by atoms with Gasteiger partial charge in [-0.15, -0.1) is 0 Å². The van der Waals surface area contributed by atoms with Crippen LogP contribution in [0.15, 0.2) is 0 Å². The van der Waals surface area contributed by atoms with Crippen molar-refractivity contribution < 1.29 is 19.0 Å². The Morgan fingerprint density at radius 3 is 3.00 bits per heavy atom. The van der Waals surface area contributed by atoms with Crippen LogP contribution in [-0.4, -0.2) is 30.5 Å². The summed E-state index contributed by atoms with van der Waals surface area (Å²) in [5, 5.41) is 8.23. The molecule has 0 bridgehead atoms. The Morgan fingerprint density at radius 2 is 2.55 bits per heavy atom. The molecule has 0 saturated carbocycles. The van der Waals surface area contributed by atoms with Crippen molar-refractivity contribution in [3.8, 4) is 0 Å². The minimum absolute atomic E-state index is 0.0926. The van der Waals surface area contributed by atoms with Crippen molar-refractivity contribution in [2.45, 2.75) is 19.0 Å². The van der Waals surface area contributed by atoms with Gasteiger partial charge in [0.1, 0.15) is 0 Å². The van der Waals surface area contributed by atoms with E-state index < -0.39 is 12.1 Å². The van der Waals surface area contributed by atoms with Gasteiger partial charge in [-0.1, -0.05) is 0 Å². The quantitative estimate of drug-likeness (QED) is 0.668. The van der Waals surface area contributed by atoms with Crippen LogP contribution in [-0.2, 0) is 9.53 Å². The van der Waals surface area contributed by atoms with Gasteiger partial charge in [-0.2, -0.15) is 0 Å². The maximum Gasteiger partial charge on any atom is 0.338 e. The van der Waals surface area contributed by atoms with Gasteiger partial charge in [-0.3, -0.25) is 0 Å². The predicted octanol–water partition coefficient (Wildman–Crippen LogP) is 0.836. The largest absolute Gasteiger partial charge is 0.479 e. The summed E-state index contributed by atoms with van der Waals surface area (Å²) in [6.07, 6.45) is -0.843. The molecule has 3 nitrogen and oxygen atoms in total. The van der Waals surface area contributed by atoms with Crippen LogP contribution >= 0.6 is 0 Å². The lowest BCUT2D eigenvalue weighted by Crippen LogP contribution is -2.18. The van der Waals surface area contributed by atoms with Crippen molar-refractivity contribution in [1.29, 1.82) is 0 Å². The summed E-state index contributed by atoms with van der Waals surface area (Å²) in [5.41, 5.74) is 0. The average Bonchev–Trinajstić information content (AvgIpc) is 2.39. The van der Waals surface area contributed by atoms with E-state index in [-0.39, 0.29) is 12.3 Å². The minimum Gasteiger partial charge on any atom is -0.479 e. The molecule has 0 unspecified atom stereocenters. The number of rotatable bonds is 3. The van der Waals surface area contributed by atoms with E-state index in [1.165, 1.54) is 0 Å². The van der Waals surface area contributed by atoms with Crippen LogP contribution in [0.2, 0.25) is 0 Å². The highest BCUT2D eigenvalue weighted by Gasteiger charge is 2.24. The van der Waals surface area contributed by atoms with Crippen molar-refractivity contribution in [2.75, 3.05) is 13.2 Å². The lowest BCUT2D eigenvalue weighted by molar-refractivity contribution is -0.143. The summed E-state index contributed by atoms with van der Waals surface area (Å²) in [6.45, 7) is 1.14. The van der Waals surface area contributed by atoms with Gasteiger partial charge >= 0.3 is 5.97 Å². The third-order valence-electron chi connectivity index (χ3n) is 1.83. The molecule has 0 aromatic rings. The van der Waals surface area contributed by atoms with Crippen LogP contribution in [0.3, 0.4) is 0 Å². The van der Waals surface area contributed by atoms with E-state index in [0.29, 0.717) is 13.2 Å². The molecule has 1 heterocycles. The highest BCUT2D eigenvalue weighted by atomic mass is 19.1. The van der Waals surface area contributed by atoms with E-state index in [9.17, 15) is 9.18 Å². The van der Waals surface area contributed by atoms with Gasteiger partial charge in [0, 0.05) is 13.2 Å². The number of hydrogen-bond donors (Lipinski definition) is 1. The molecule has 64 valence electrons. The first-order chi connectivity index (χ1) is 5.20. The molecule has 1 rings (SSSR count). The highest BCUT2D eigenvalue weighted by Crippen LogP contribution is 2.19. The number of carboxylic acid groups (broad SMARTS) is 1. The molecule has 0 aromatic carbocycles. The monoisotopic (exact) mass is 162 g/mol. The number of halogens is 1. The molecule has 1 aliphatic rings. The first kappa shape index (κ1) is 8.46. The van der Waals surface area contributed by atoms with Crippen molar-refractivity contribution in [1.82, 2.24) is 0 Å². The van der Waals surface area contributed by atoms with E-state index in [4.69, 9.17) is 9.84 Å². The molecular weight excluding hydrogens is 151 g/mol. The van der Waals surface area contributed by atoms with Crippen LogP contribution in [0.5, 0.6) is 0 Å². The Balaban J connectivity index is 2.23. The van der Waals surface area contributed by atoms with E-state index >= 15 is 0 Å². The second-order valence-corrected chi connectivity index (χ2v) is 2.77. The molecule has 1 fully saturated rings. The zero-order chi connectivity index (χ0) is 8.27. The molecule has 11 heavy (non-hydrogen) atoms. The van der Waals surface area contributed by atoms with Crippen LogP contribution in [0, 0.1) is 5.92 Å². The van der Waals surface area contributed by atoms with Crippen molar-refractivity contribution in [2.24, 2.45) is 5.92 Å². The summed E-state index contributed by atoms with van der Waals surface area (Å²) in [6, 6.07) is 0. The summed E-state index contributed by atoms with van der Waals surface area (Å²) in [5.74, 6) is -1.27. The fourth-order valence-electron chi connectivity index (χ4n) is 1.16. The number of carbonyl (C=O) groups is 1. The van der Waals surface area contributed by atoms with Crippen molar-refractivity contribution >= 4 is 5.97 Å². The summed E-state index contributed by atoms with van der Waals surface area (Å²) >= 11 is 0. The van der Waals surface area contributed by atoms with E-state index in [1.807, 2.05) is 0 Å². The molecule has 4 heteroatoms. The SMILES string of the molecule is O=C(O)[C@@H](F)C[C@H]1CCOC1. The summed E-state index contributed by atoms with van der Waals surface area (Å²) in [7, 11) is 0. The number of alkyl halides is 1. The van der Waals surface area contributed by atoms with Crippen molar-refractivity contribution in [3.05, 3.63) is 0 Å². The van der Waals surface area contributed by atoms with Gasteiger partial charge in [-0.05, 0) is 18.8 Å². The molecule has 1 N–H and O–H groups in total. The Morgan fingerprint density at radius 1 is 1.82 bits per heavy atom. The van der Waals surface area contributed by atoms with Gasteiger partial charge in [0.05, 0.1) is 0 Å². The first-order valence-corrected chi connectivity index (χ1v) is 3.64. The third-order valence-corrected chi connectivity index (χ3v) is 1.83. The Labute approximate surface area is 64.2 Å². The smallest absolute Gasteiger partial charge is 0.338 e. The zero-order valence-corrected chi connectivity index (χ0v) is 6.12. The molecule has 0 amide bonds. The molecule has 0 spiro atoms. The fourth-order valence-corrected chi connectivity index (χ4v) is 1.16. The van der Waals surface area contributed by atoms with Crippen LogP contribution in [0.4, 0.5) is 4.39 Å². The zero-order valence-electron chi connectivity index (χ0n) is 6.12. The van der Waals surface area contributed by atoms with E-state index in [1.54, 1.807) is 0 Å². The van der Waals surface area contributed by atoms with E-state index in [0.717, 1.165) is 6.42 Å². The summed E-state index contributed by atoms with van der Waals surface area (Å²) < 4.78 is 17.5. The molecule has 0 aromatic heterocycles. The lowest BCUT2D eigenvalue weighted by atomic mass is 10.0. The minimum atomic E-state index is -1.72. The number of aliphatic carboxylic acids is 1. The maximum absolute atomic E-state index is 12.5. The Hall–Kier alpha value is -0.640. The fraction of sp³-hybridized carbons (Fsp3) is 0.857. The number of hydrogen-bond acceptors (Lipinski definition) is 2. The van der Waals surface area contributed by atoms with Gasteiger partial charge in [0.25, 0.3) is 0 Å². The second kappa shape index (κ2) is 3.67.